The largest absolute Gasteiger partial charge is 0.507 e. The van der Waals surface area contributed by atoms with Crippen LogP contribution in [0.4, 0.5) is 0 Å². The number of H-pyrrole nitrogens is 1. The molecule has 0 unspecified atom stereocenters. The van der Waals surface area contributed by atoms with Crippen LogP contribution in [0.2, 0.25) is 0 Å². The fourth-order valence-corrected chi connectivity index (χ4v) is 3.55. The zero-order valence-electron chi connectivity index (χ0n) is 18.7. The SMILES string of the molecule is CCCc1c(OCc2cccn3c(=O)c(Cc4nn[nH]n4)cnc23)ccc(C(C)=O)c1O.[Na]. The van der Waals surface area contributed by atoms with Gasteiger partial charge in [0.2, 0.25) is 0 Å². The van der Waals surface area contributed by atoms with Crippen molar-refractivity contribution in [2.45, 2.75) is 39.7 Å². The first-order valence-electron chi connectivity index (χ1n) is 10.2. The molecule has 11 heteroatoms. The second-order valence-corrected chi connectivity index (χ2v) is 7.35. The maximum atomic E-state index is 12.9. The van der Waals surface area contributed by atoms with Crippen molar-refractivity contribution in [2.24, 2.45) is 0 Å². The molecular formula is C22H22N6NaO4. The summed E-state index contributed by atoms with van der Waals surface area (Å²) in [6.07, 6.45) is 4.71. The van der Waals surface area contributed by atoms with Crippen molar-refractivity contribution in [2.75, 3.05) is 0 Å². The van der Waals surface area contributed by atoms with E-state index in [0.29, 0.717) is 40.3 Å². The minimum atomic E-state index is -0.225. The average molecular weight is 457 g/mol. The number of aromatic amines is 1. The number of phenols is 1. The molecule has 0 aliphatic rings. The topological polar surface area (TPSA) is 135 Å². The first-order chi connectivity index (χ1) is 15.5. The van der Waals surface area contributed by atoms with Gasteiger partial charge in [-0.25, -0.2) is 4.98 Å². The summed E-state index contributed by atoms with van der Waals surface area (Å²) in [5.74, 6) is 0.643. The average Bonchev–Trinajstić information content (AvgIpc) is 3.29. The smallest absolute Gasteiger partial charge is 0.261 e. The number of ketones is 1. The maximum absolute atomic E-state index is 12.9. The number of hydrogen-bond donors (Lipinski definition) is 2. The van der Waals surface area contributed by atoms with Gasteiger partial charge in [-0.15, -0.1) is 10.2 Å². The molecule has 10 nitrogen and oxygen atoms in total. The molecular weight excluding hydrogens is 435 g/mol. The molecule has 2 N–H and O–H groups in total. The summed E-state index contributed by atoms with van der Waals surface area (Å²) in [5, 5.41) is 24.2. The fraction of sp³-hybridized carbons (Fsp3) is 0.273. The first-order valence-corrected chi connectivity index (χ1v) is 10.2. The van der Waals surface area contributed by atoms with E-state index in [4.69, 9.17) is 4.74 Å². The van der Waals surface area contributed by atoms with E-state index in [1.165, 1.54) is 17.5 Å². The third-order valence-corrected chi connectivity index (χ3v) is 5.12. The van der Waals surface area contributed by atoms with Gasteiger partial charge in [-0.3, -0.25) is 14.0 Å². The zero-order valence-corrected chi connectivity index (χ0v) is 20.7. The van der Waals surface area contributed by atoms with Gasteiger partial charge in [0, 0.05) is 65.1 Å². The van der Waals surface area contributed by atoms with E-state index in [0.717, 1.165) is 6.42 Å². The van der Waals surface area contributed by atoms with E-state index in [-0.39, 0.29) is 65.2 Å². The third kappa shape index (κ3) is 5.13. The molecule has 0 bridgehead atoms. The van der Waals surface area contributed by atoms with Crippen LogP contribution in [0.1, 0.15) is 53.1 Å². The molecule has 0 aliphatic carbocycles. The molecule has 0 saturated heterocycles. The monoisotopic (exact) mass is 457 g/mol. The quantitative estimate of drug-likeness (QED) is 0.302. The van der Waals surface area contributed by atoms with E-state index in [9.17, 15) is 14.7 Å². The maximum Gasteiger partial charge on any atom is 0.261 e. The zero-order chi connectivity index (χ0) is 22.7. The van der Waals surface area contributed by atoms with Gasteiger partial charge in [-0.05, 0) is 31.5 Å². The van der Waals surface area contributed by atoms with Crippen molar-refractivity contribution >= 4 is 41.0 Å². The van der Waals surface area contributed by atoms with Crippen LogP contribution in [-0.2, 0) is 19.4 Å². The summed E-state index contributed by atoms with van der Waals surface area (Å²) < 4.78 is 7.45. The molecule has 0 aliphatic heterocycles. The van der Waals surface area contributed by atoms with E-state index in [2.05, 4.69) is 25.6 Å². The number of tetrazole rings is 1. The number of carbonyl (C=O) groups is 1. The van der Waals surface area contributed by atoms with E-state index >= 15 is 0 Å². The van der Waals surface area contributed by atoms with Crippen molar-refractivity contribution in [3.63, 3.8) is 0 Å². The van der Waals surface area contributed by atoms with Crippen molar-refractivity contribution in [1.82, 2.24) is 30.0 Å². The second kappa shape index (κ2) is 10.7. The molecule has 4 rings (SSSR count). The number of nitrogens with one attached hydrogen (secondary N) is 1. The van der Waals surface area contributed by atoms with Gasteiger partial charge in [0.25, 0.3) is 5.56 Å². The summed E-state index contributed by atoms with van der Waals surface area (Å²) in [5.41, 5.74) is 2.25. The molecule has 0 atom stereocenters. The molecule has 0 saturated carbocycles. The van der Waals surface area contributed by atoms with Crippen LogP contribution in [0.3, 0.4) is 0 Å². The Morgan fingerprint density at radius 3 is 2.76 bits per heavy atom. The van der Waals surface area contributed by atoms with Crippen LogP contribution in [0.5, 0.6) is 11.5 Å². The third-order valence-electron chi connectivity index (χ3n) is 5.12. The number of fused-ring (bicyclic) bond motifs is 1. The van der Waals surface area contributed by atoms with Crippen LogP contribution >= 0.6 is 0 Å². The van der Waals surface area contributed by atoms with Crippen molar-refractivity contribution in [1.29, 1.82) is 0 Å². The number of nitrogens with zero attached hydrogens (tertiary/aromatic N) is 5. The Balaban J connectivity index is 0.00000306. The number of pyridine rings is 1. The summed E-state index contributed by atoms with van der Waals surface area (Å²) in [4.78, 5) is 29.1. The van der Waals surface area contributed by atoms with Gasteiger partial charge in [0.05, 0.1) is 5.56 Å². The van der Waals surface area contributed by atoms with E-state index in [1.807, 2.05) is 13.0 Å². The minimum Gasteiger partial charge on any atom is -0.507 e. The standard InChI is InChI=1S/C22H22N6O4.Na/c1-3-5-17-18(8-7-16(13(2)29)20(17)30)32-12-14-6-4-9-28-21(14)23-11-15(22(28)31)10-19-24-26-27-25-19;/h4,6-9,11,30H,3,5,10,12H2,1-2H3,(H,24,25,26,27);. The van der Waals surface area contributed by atoms with Crippen LogP contribution in [-0.4, -0.2) is 70.5 Å². The Bertz CT molecular complexity index is 1340. The van der Waals surface area contributed by atoms with Gasteiger partial charge in [-0.1, -0.05) is 24.6 Å². The molecule has 33 heavy (non-hydrogen) atoms. The Morgan fingerprint density at radius 1 is 1.24 bits per heavy atom. The summed E-state index contributed by atoms with van der Waals surface area (Å²) >= 11 is 0. The van der Waals surface area contributed by atoms with Crippen LogP contribution < -0.4 is 10.3 Å². The molecule has 1 aromatic carbocycles. The predicted molar refractivity (Wildman–Crippen MR) is 121 cm³/mol. The number of ether oxygens (including phenoxy) is 1. The minimum absolute atomic E-state index is 0. The molecule has 1 radical (unpaired) electrons. The number of carbonyl (C=O) groups excluding carboxylic acids is 1. The van der Waals surface area contributed by atoms with Gasteiger partial charge >= 0.3 is 0 Å². The van der Waals surface area contributed by atoms with Crippen molar-refractivity contribution in [3.8, 4) is 11.5 Å². The van der Waals surface area contributed by atoms with Crippen molar-refractivity contribution < 1.29 is 14.6 Å². The number of rotatable bonds is 8. The molecule has 0 spiro atoms. The fourth-order valence-electron chi connectivity index (χ4n) is 3.55. The Morgan fingerprint density at radius 2 is 2.06 bits per heavy atom. The number of aromatic hydroxyl groups is 1. The Hall–Kier alpha value is -3.08. The summed E-state index contributed by atoms with van der Waals surface area (Å²) in [6.45, 7) is 3.53. The molecule has 3 heterocycles. The van der Waals surface area contributed by atoms with Crippen LogP contribution in [0.15, 0.2) is 41.5 Å². The van der Waals surface area contributed by atoms with Crippen molar-refractivity contribution in [3.05, 3.63) is 75.1 Å². The van der Waals surface area contributed by atoms with Gasteiger partial charge in [0.15, 0.2) is 11.6 Å². The number of Topliss-reactive ketones (excluding diaryl/α,β-unsaturated/α-hetero) is 1. The van der Waals surface area contributed by atoms with Gasteiger partial charge in [-0.2, -0.15) is 5.21 Å². The van der Waals surface area contributed by atoms with Gasteiger partial charge < -0.3 is 9.84 Å². The molecule has 0 amide bonds. The molecule has 0 fully saturated rings. The van der Waals surface area contributed by atoms with Crippen LogP contribution in [0.25, 0.3) is 5.65 Å². The van der Waals surface area contributed by atoms with E-state index in [1.54, 1.807) is 24.4 Å². The molecule has 3 aromatic heterocycles. The predicted octanol–water partition coefficient (Wildman–Crippen LogP) is 1.86. The summed E-state index contributed by atoms with van der Waals surface area (Å²) in [6, 6.07) is 6.82. The van der Waals surface area contributed by atoms with Gasteiger partial charge in [0.1, 0.15) is 23.8 Å². The number of phenolic OH excluding ortho intramolecular Hbond substituents is 1. The normalized spacial score (nSPS) is 10.7. The molecule has 4 aromatic rings. The number of hydrogen-bond acceptors (Lipinski definition) is 8. The van der Waals surface area contributed by atoms with Crippen LogP contribution in [0, 0.1) is 0 Å². The molecule has 165 valence electrons. The Labute approximate surface area is 211 Å². The first kappa shape index (κ1) is 24.6. The number of aromatic nitrogens is 6. The Kier molecular flexibility index (Phi) is 7.96. The second-order valence-electron chi connectivity index (χ2n) is 7.35. The van der Waals surface area contributed by atoms with E-state index < -0.39 is 0 Å². The summed E-state index contributed by atoms with van der Waals surface area (Å²) in [7, 11) is 0. The number of benzene rings is 1.